The predicted molar refractivity (Wildman–Crippen MR) is 88.4 cm³/mol. The van der Waals surface area contributed by atoms with Gasteiger partial charge in [-0.1, -0.05) is 50.9 Å². The van der Waals surface area contributed by atoms with Gasteiger partial charge in [0.05, 0.1) is 0 Å². The highest BCUT2D eigenvalue weighted by atomic mass is 79.9. The Kier molecular flexibility index (Phi) is 5.75. The molecule has 4 heteroatoms. The van der Waals surface area contributed by atoms with E-state index in [1.165, 1.54) is 11.6 Å². The summed E-state index contributed by atoms with van der Waals surface area (Å²) in [5.41, 5.74) is 2.17. The van der Waals surface area contributed by atoms with Crippen LogP contribution >= 0.6 is 31.9 Å². The van der Waals surface area contributed by atoms with Crippen molar-refractivity contribution in [3.05, 3.63) is 68.4 Å². The Bertz CT molecular complexity index is 566. The van der Waals surface area contributed by atoms with Crippen molar-refractivity contribution in [2.24, 2.45) is 0 Å². The molecule has 0 aromatic heterocycles. The molecule has 0 aliphatic heterocycles. The van der Waals surface area contributed by atoms with E-state index < -0.39 is 0 Å². The van der Waals surface area contributed by atoms with E-state index in [2.05, 4.69) is 56.2 Å². The lowest BCUT2D eigenvalue weighted by atomic mass is 9.99. The molecule has 2 aromatic carbocycles. The normalized spacial score (nSPS) is 12.4. The molecule has 0 amide bonds. The van der Waals surface area contributed by atoms with Crippen molar-refractivity contribution in [2.45, 2.75) is 19.4 Å². The minimum Gasteiger partial charge on any atom is -0.310 e. The van der Waals surface area contributed by atoms with Crippen LogP contribution in [-0.2, 0) is 6.42 Å². The van der Waals surface area contributed by atoms with E-state index >= 15 is 0 Å². The van der Waals surface area contributed by atoms with Crippen molar-refractivity contribution in [3.8, 4) is 0 Å². The Morgan fingerprint density at radius 3 is 2.55 bits per heavy atom. The lowest BCUT2D eigenvalue weighted by Gasteiger charge is -2.19. The number of hydrogen-bond donors (Lipinski definition) is 1. The number of nitrogens with one attached hydrogen (secondary N) is 1. The van der Waals surface area contributed by atoms with Gasteiger partial charge in [0, 0.05) is 15.0 Å². The molecule has 0 aliphatic carbocycles. The molecule has 0 bridgehead atoms. The zero-order valence-electron chi connectivity index (χ0n) is 11.2. The van der Waals surface area contributed by atoms with Crippen molar-refractivity contribution >= 4 is 31.9 Å². The first-order valence-electron chi connectivity index (χ1n) is 6.52. The van der Waals surface area contributed by atoms with Crippen molar-refractivity contribution in [2.75, 3.05) is 6.54 Å². The second-order valence-corrected chi connectivity index (χ2v) is 6.48. The van der Waals surface area contributed by atoms with Gasteiger partial charge in [-0.05, 0) is 54.4 Å². The largest absolute Gasteiger partial charge is 0.310 e. The molecule has 0 aliphatic rings. The van der Waals surface area contributed by atoms with Crippen LogP contribution < -0.4 is 5.32 Å². The van der Waals surface area contributed by atoms with E-state index in [4.69, 9.17) is 0 Å². The van der Waals surface area contributed by atoms with Crippen LogP contribution in [0, 0.1) is 5.82 Å². The maximum Gasteiger partial charge on any atom is 0.124 e. The summed E-state index contributed by atoms with van der Waals surface area (Å²) in [6.07, 6.45) is 0.823. The highest BCUT2D eigenvalue weighted by Crippen LogP contribution is 2.24. The van der Waals surface area contributed by atoms with Crippen LogP contribution in [-0.4, -0.2) is 6.54 Å². The minimum absolute atomic E-state index is 0.0984. The molecule has 0 fully saturated rings. The van der Waals surface area contributed by atoms with E-state index in [0.717, 1.165) is 27.5 Å². The summed E-state index contributed by atoms with van der Waals surface area (Å²) >= 11 is 6.84. The number of likely N-dealkylation sites (N-methyl/N-ethyl adjacent to an activating group) is 1. The molecule has 0 heterocycles. The number of halogens is 3. The number of rotatable bonds is 5. The fourth-order valence-electron chi connectivity index (χ4n) is 2.23. The standard InChI is InChI=1S/C16H16Br2FN/c1-2-20-16(7-11-4-3-5-13(17)6-11)12-8-14(18)10-15(19)9-12/h3-6,8-10,16,20H,2,7H2,1H3. The zero-order chi connectivity index (χ0) is 14.5. The summed E-state index contributed by atoms with van der Waals surface area (Å²) in [5, 5.41) is 3.42. The average molecular weight is 401 g/mol. The summed E-state index contributed by atoms with van der Waals surface area (Å²) in [7, 11) is 0. The van der Waals surface area contributed by atoms with E-state index in [9.17, 15) is 4.39 Å². The van der Waals surface area contributed by atoms with Crippen molar-refractivity contribution < 1.29 is 4.39 Å². The second-order valence-electron chi connectivity index (χ2n) is 4.65. The van der Waals surface area contributed by atoms with Gasteiger partial charge in [0.2, 0.25) is 0 Å². The Balaban J connectivity index is 2.26. The molecule has 1 unspecified atom stereocenters. The van der Waals surface area contributed by atoms with Crippen LogP contribution in [0.2, 0.25) is 0 Å². The third-order valence-electron chi connectivity index (χ3n) is 3.07. The fraction of sp³-hybridized carbons (Fsp3) is 0.250. The van der Waals surface area contributed by atoms with E-state index in [-0.39, 0.29) is 11.9 Å². The molecule has 2 aromatic rings. The van der Waals surface area contributed by atoms with Gasteiger partial charge in [-0.25, -0.2) is 4.39 Å². The van der Waals surface area contributed by atoms with Crippen LogP contribution in [0.1, 0.15) is 24.1 Å². The van der Waals surface area contributed by atoms with Crippen molar-refractivity contribution in [1.29, 1.82) is 0 Å². The van der Waals surface area contributed by atoms with Gasteiger partial charge in [0.25, 0.3) is 0 Å². The van der Waals surface area contributed by atoms with Crippen LogP contribution in [0.25, 0.3) is 0 Å². The predicted octanol–water partition coefficient (Wildman–Crippen LogP) is 5.24. The first kappa shape index (κ1) is 15.7. The van der Waals surface area contributed by atoms with Crippen LogP contribution in [0.3, 0.4) is 0 Å². The molecule has 2 rings (SSSR count). The Hall–Kier alpha value is -0.710. The molecule has 1 atom stereocenters. The Labute approximate surface area is 135 Å². The first-order valence-corrected chi connectivity index (χ1v) is 8.11. The van der Waals surface area contributed by atoms with Gasteiger partial charge in [-0.3, -0.25) is 0 Å². The average Bonchev–Trinajstić information content (AvgIpc) is 2.37. The van der Waals surface area contributed by atoms with Gasteiger partial charge in [0.15, 0.2) is 0 Å². The molecule has 20 heavy (non-hydrogen) atoms. The topological polar surface area (TPSA) is 12.0 Å². The summed E-state index contributed by atoms with van der Waals surface area (Å²) < 4.78 is 15.4. The maximum atomic E-state index is 13.6. The quantitative estimate of drug-likeness (QED) is 0.723. The molecule has 1 nitrogen and oxygen atoms in total. The minimum atomic E-state index is -0.216. The summed E-state index contributed by atoms with van der Waals surface area (Å²) in [6.45, 7) is 2.90. The van der Waals surface area contributed by atoms with Gasteiger partial charge < -0.3 is 5.32 Å². The summed E-state index contributed by atoms with van der Waals surface area (Å²) in [4.78, 5) is 0. The molecule has 0 spiro atoms. The fourth-order valence-corrected chi connectivity index (χ4v) is 3.16. The number of hydrogen-bond acceptors (Lipinski definition) is 1. The molecular formula is C16H16Br2FN. The van der Waals surface area contributed by atoms with E-state index in [1.807, 2.05) is 18.2 Å². The third kappa shape index (κ3) is 4.40. The lowest BCUT2D eigenvalue weighted by Crippen LogP contribution is -2.23. The SMILES string of the molecule is CCNC(Cc1cccc(Br)c1)c1cc(F)cc(Br)c1. The van der Waals surface area contributed by atoms with Gasteiger partial charge in [0.1, 0.15) is 5.82 Å². The maximum absolute atomic E-state index is 13.6. The van der Waals surface area contributed by atoms with Gasteiger partial charge in [-0.2, -0.15) is 0 Å². The molecule has 0 saturated carbocycles. The Morgan fingerprint density at radius 1 is 1.10 bits per heavy atom. The summed E-state index contributed by atoms with van der Waals surface area (Å²) in [6, 6.07) is 13.3. The van der Waals surface area contributed by atoms with Crippen LogP contribution in [0.5, 0.6) is 0 Å². The van der Waals surface area contributed by atoms with Gasteiger partial charge >= 0.3 is 0 Å². The van der Waals surface area contributed by atoms with Crippen LogP contribution in [0.15, 0.2) is 51.4 Å². The second kappa shape index (κ2) is 7.34. The van der Waals surface area contributed by atoms with Crippen molar-refractivity contribution in [3.63, 3.8) is 0 Å². The highest BCUT2D eigenvalue weighted by Gasteiger charge is 2.13. The molecule has 1 N–H and O–H groups in total. The molecular weight excluding hydrogens is 385 g/mol. The monoisotopic (exact) mass is 399 g/mol. The third-order valence-corrected chi connectivity index (χ3v) is 4.02. The smallest absolute Gasteiger partial charge is 0.124 e. The molecule has 0 radical (unpaired) electrons. The van der Waals surface area contributed by atoms with Gasteiger partial charge in [-0.15, -0.1) is 0 Å². The number of benzene rings is 2. The highest BCUT2D eigenvalue weighted by molar-refractivity contribution is 9.10. The van der Waals surface area contributed by atoms with Crippen LogP contribution in [0.4, 0.5) is 4.39 Å². The van der Waals surface area contributed by atoms with E-state index in [1.54, 1.807) is 6.07 Å². The molecule has 106 valence electrons. The lowest BCUT2D eigenvalue weighted by molar-refractivity contribution is 0.542. The van der Waals surface area contributed by atoms with Crippen molar-refractivity contribution in [1.82, 2.24) is 5.32 Å². The summed E-state index contributed by atoms with van der Waals surface area (Å²) in [5.74, 6) is -0.216. The Morgan fingerprint density at radius 2 is 1.90 bits per heavy atom. The zero-order valence-corrected chi connectivity index (χ0v) is 14.3. The van der Waals surface area contributed by atoms with E-state index in [0.29, 0.717) is 0 Å². The first-order chi connectivity index (χ1) is 9.58. The molecule has 0 saturated heterocycles.